The summed E-state index contributed by atoms with van der Waals surface area (Å²) in [5.41, 5.74) is -1.69. The van der Waals surface area contributed by atoms with Crippen molar-refractivity contribution in [1.82, 2.24) is 14.3 Å². The van der Waals surface area contributed by atoms with E-state index in [1.807, 2.05) is 0 Å². The van der Waals surface area contributed by atoms with E-state index in [4.69, 9.17) is 0 Å². The first-order chi connectivity index (χ1) is 13.1. The number of amides is 2. The summed E-state index contributed by atoms with van der Waals surface area (Å²) in [6.45, 7) is 2.45. The number of nitrogens with zero attached hydrogens (tertiary/aromatic N) is 3. The van der Waals surface area contributed by atoms with Crippen LogP contribution in [-0.4, -0.2) is 33.4 Å². The number of nitrogens with one attached hydrogen (secondary N) is 1. The Hall–Kier alpha value is -2.30. The molecular weight excluding hydrogens is 403 g/mol. The van der Waals surface area contributed by atoms with Gasteiger partial charge in [-0.1, -0.05) is 0 Å². The number of urea groups is 1. The number of hydrogen-bond acceptors (Lipinski definition) is 4. The number of piperidine rings is 1. The largest absolute Gasteiger partial charge is 0.416 e. The van der Waals surface area contributed by atoms with Gasteiger partial charge in [0.2, 0.25) is 5.13 Å². The van der Waals surface area contributed by atoms with Crippen LogP contribution >= 0.6 is 11.5 Å². The molecule has 1 aliphatic rings. The van der Waals surface area contributed by atoms with Crippen LogP contribution in [0.2, 0.25) is 0 Å². The third-order valence-electron chi connectivity index (χ3n) is 4.60. The molecule has 11 heteroatoms. The number of aryl methyl sites for hydroxylation is 1. The molecule has 5 nitrogen and oxygen atoms in total. The van der Waals surface area contributed by atoms with E-state index in [2.05, 4.69) is 14.7 Å². The van der Waals surface area contributed by atoms with Gasteiger partial charge in [-0.05, 0) is 44.2 Å². The summed E-state index contributed by atoms with van der Waals surface area (Å²) >= 11 is 1.07. The van der Waals surface area contributed by atoms with Crippen molar-refractivity contribution >= 4 is 22.7 Å². The second kappa shape index (κ2) is 7.98. The Kier molecular flexibility index (Phi) is 5.82. The molecule has 0 bridgehead atoms. The summed E-state index contributed by atoms with van der Waals surface area (Å²) in [4.78, 5) is 17.8. The van der Waals surface area contributed by atoms with E-state index in [0.717, 1.165) is 11.5 Å². The van der Waals surface area contributed by atoms with E-state index >= 15 is 0 Å². The van der Waals surface area contributed by atoms with Gasteiger partial charge in [-0.3, -0.25) is 5.32 Å². The van der Waals surface area contributed by atoms with Gasteiger partial charge in [-0.15, -0.1) is 0 Å². The molecule has 0 radical (unpaired) electrons. The van der Waals surface area contributed by atoms with Crippen LogP contribution in [0.15, 0.2) is 12.1 Å². The predicted octanol–water partition coefficient (Wildman–Crippen LogP) is 4.63. The normalized spacial score (nSPS) is 15.7. The van der Waals surface area contributed by atoms with Crippen molar-refractivity contribution in [3.63, 3.8) is 0 Å². The van der Waals surface area contributed by atoms with Crippen molar-refractivity contribution in [2.45, 2.75) is 32.4 Å². The zero-order valence-electron chi connectivity index (χ0n) is 14.8. The van der Waals surface area contributed by atoms with Gasteiger partial charge >= 0.3 is 12.2 Å². The van der Waals surface area contributed by atoms with Crippen LogP contribution in [0.4, 0.5) is 31.9 Å². The zero-order chi connectivity index (χ0) is 20.5. The van der Waals surface area contributed by atoms with Crippen molar-refractivity contribution in [3.05, 3.63) is 40.7 Å². The number of halogens is 5. The van der Waals surface area contributed by atoms with Gasteiger partial charge < -0.3 is 4.90 Å². The molecule has 3 rings (SSSR count). The Labute approximate surface area is 161 Å². The third kappa shape index (κ3) is 4.75. The molecule has 0 atom stereocenters. The number of rotatable bonds is 3. The van der Waals surface area contributed by atoms with Gasteiger partial charge in [0.05, 0.1) is 5.56 Å². The average molecular weight is 420 g/mol. The standard InChI is InChI=1S/C17H17F5N4OS/c1-9-23-15(28-25-9)24-16(27)26-4-2-10(3-5-26)6-12-13(18)7-11(8-14(12)19)17(20,21)22/h7-8,10H,2-6H2,1H3,(H,23,24,25,27). The van der Waals surface area contributed by atoms with E-state index in [0.29, 0.717) is 49.0 Å². The van der Waals surface area contributed by atoms with E-state index in [1.54, 1.807) is 11.8 Å². The van der Waals surface area contributed by atoms with E-state index in [-0.39, 0.29) is 23.9 Å². The lowest BCUT2D eigenvalue weighted by molar-refractivity contribution is -0.138. The van der Waals surface area contributed by atoms with Crippen molar-refractivity contribution in [1.29, 1.82) is 0 Å². The Morgan fingerprint density at radius 3 is 2.36 bits per heavy atom. The lowest BCUT2D eigenvalue weighted by Crippen LogP contribution is -2.41. The smallest absolute Gasteiger partial charge is 0.324 e. The second-order valence-electron chi connectivity index (χ2n) is 6.63. The van der Waals surface area contributed by atoms with Crippen LogP contribution in [0.25, 0.3) is 0 Å². The lowest BCUT2D eigenvalue weighted by Gasteiger charge is -2.32. The number of anilines is 1. The molecule has 2 heterocycles. The van der Waals surface area contributed by atoms with Crippen LogP contribution in [0.3, 0.4) is 0 Å². The van der Waals surface area contributed by atoms with Crippen LogP contribution in [0.1, 0.15) is 29.8 Å². The summed E-state index contributed by atoms with van der Waals surface area (Å²) in [5, 5.41) is 3.03. The van der Waals surface area contributed by atoms with Crippen molar-refractivity contribution in [2.75, 3.05) is 18.4 Å². The van der Waals surface area contributed by atoms with Crippen LogP contribution < -0.4 is 5.32 Å². The molecule has 0 saturated carbocycles. The maximum absolute atomic E-state index is 14.0. The van der Waals surface area contributed by atoms with Crippen LogP contribution in [0.5, 0.6) is 0 Å². The van der Waals surface area contributed by atoms with Gasteiger partial charge in [-0.2, -0.15) is 17.5 Å². The van der Waals surface area contributed by atoms with Gasteiger partial charge in [-0.25, -0.2) is 18.6 Å². The average Bonchev–Trinajstić information content (AvgIpc) is 3.02. The van der Waals surface area contributed by atoms with Crippen LogP contribution in [-0.2, 0) is 12.6 Å². The van der Waals surface area contributed by atoms with Crippen LogP contribution in [0, 0.1) is 24.5 Å². The number of aromatic nitrogens is 2. The number of likely N-dealkylation sites (tertiary alicyclic amines) is 1. The highest BCUT2D eigenvalue weighted by molar-refractivity contribution is 7.09. The number of benzene rings is 1. The van der Waals surface area contributed by atoms with Gasteiger partial charge in [0.25, 0.3) is 0 Å². The molecular formula is C17H17F5N4OS. The van der Waals surface area contributed by atoms with E-state index in [1.165, 1.54) is 0 Å². The Morgan fingerprint density at radius 1 is 1.25 bits per heavy atom. The summed E-state index contributed by atoms with van der Waals surface area (Å²) in [6.07, 6.45) is -3.84. The molecule has 1 saturated heterocycles. The molecule has 2 aromatic rings. The second-order valence-corrected chi connectivity index (χ2v) is 7.38. The number of alkyl halides is 3. The molecule has 1 aliphatic heterocycles. The SMILES string of the molecule is Cc1nsc(NC(=O)N2CCC(Cc3c(F)cc(C(F)(F)F)cc3F)CC2)n1. The van der Waals surface area contributed by atoms with Gasteiger partial charge in [0, 0.05) is 30.2 Å². The molecule has 152 valence electrons. The third-order valence-corrected chi connectivity index (χ3v) is 5.33. The minimum atomic E-state index is -4.80. The van der Waals surface area contributed by atoms with Gasteiger partial charge in [0.1, 0.15) is 17.5 Å². The molecule has 1 aromatic heterocycles. The number of carbonyl (C=O) groups is 1. The van der Waals surface area contributed by atoms with E-state index < -0.39 is 23.4 Å². The highest BCUT2D eigenvalue weighted by atomic mass is 32.1. The first kappa shape index (κ1) is 20.4. The first-order valence-corrected chi connectivity index (χ1v) is 9.32. The molecule has 1 fully saturated rings. The van der Waals surface area contributed by atoms with Crippen molar-refractivity contribution < 1.29 is 26.7 Å². The summed E-state index contributed by atoms with van der Waals surface area (Å²) in [5.74, 6) is -1.97. The Bertz CT molecular complexity index is 838. The predicted molar refractivity (Wildman–Crippen MR) is 93.0 cm³/mol. The maximum atomic E-state index is 14.0. The molecule has 0 aliphatic carbocycles. The molecule has 1 aromatic carbocycles. The lowest BCUT2D eigenvalue weighted by atomic mass is 9.89. The molecule has 28 heavy (non-hydrogen) atoms. The highest BCUT2D eigenvalue weighted by Crippen LogP contribution is 2.33. The molecule has 2 amide bonds. The fraction of sp³-hybridized carbons (Fsp3) is 0.471. The van der Waals surface area contributed by atoms with Gasteiger partial charge in [0.15, 0.2) is 0 Å². The maximum Gasteiger partial charge on any atom is 0.416 e. The Balaban J connectivity index is 1.58. The summed E-state index contributed by atoms with van der Waals surface area (Å²) in [7, 11) is 0. The monoisotopic (exact) mass is 420 g/mol. The topological polar surface area (TPSA) is 58.1 Å². The van der Waals surface area contributed by atoms with E-state index in [9.17, 15) is 26.7 Å². The zero-order valence-corrected chi connectivity index (χ0v) is 15.6. The molecule has 0 unspecified atom stereocenters. The first-order valence-electron chi connectivity index (χ1n) is 8.55. The summed E-state index contributed by atoms with van der Waals surface area (Å²) in [6, 6.07) is 0.317. The summed E-state index contributed by atoms with van der Waals surface area (Å²) < 4.78 is 69.9. The van der Waals surface area contributed by atoms with Crippen molar-refractivity contribution in [2.24, 2.45) is 5.92 Å². The molecule has 1 N–H and O–H groups in total. The number of hydrogen-bond donors (Lipinski definition) is 1. The van der Waals surface area contributed by atoms with Crippen molar-refractivity contribution in [3.8, 4) is 0 Å². The minimum absolute atomic E-state index is 0.0130. The highest BCUT2D eigenvalue weighted by Gasteiger charge is 2.33. The Morgan fingerprint density at radius 2 is 1.86 bits per heavy atom. The fourth-order valence-corrected chi connectivity index (χ4v) is 3.67. The molecule has 0 spiro atoms. The number of carbonyl (C=O) groups excluding carboxylic acids is 1. The minimum Gasteiger partial charge on any atom is -0.324 e. The fourth-order valence-electron chi connectivity index (χ4n) is 3.11. The quantitative estimate of drug-likeness (QED) is 0.737.